The molecule has 0 aliphatic carbocycles. The zero-order valence-corrected chi connectivity index (χ0v) is 22.5. The summed E-state index contributed by atoms with van der Waals surface area (Å²) in [6.07, 6.45) is -10.6. The lowest BCUT2D eigenvalue weighted by atomic mass is 9.81. The van der Waals surface area contributed by atoms with Crippen molar-refractivity contribution in [2.45, 2.75) is 51.5 Å². The molecular formula is C28H23F9N4O. The van der Waals surface area contributed by atoms with Crippen LogP contribution in [0.2, 0.25) is 0 Å². The highest BCUT2D eigenvalue weighted by Crippen LogP contribution is 2.42. The third kappa shape index (κ3) is 5.79. The summed E-state index contributed by atoms with van der Waals surface area (Å²) >= 11 is 0. The van der Waals surface area contributed by atoms with Crippen molar-refractivity contribution in [1.29, 1.82) is 0 Å². The zero-order valence-electron chi connectivity index (χ0n) is 22.5. The van der Waals surface area contributed by atoms with Gasteiger partial charge in [-0.25, -0.2) is 22.8 Å². The summed E-state index contributed by atoms with van der Waals surface area (Å²) in [4.78, 5) is 19.0. The monoisotopic (exact) mass is 602 g/mol. The Morgan fingerprint density at radius 3 is 2.02 bits per heavy atom. The molecule has 2 heterocycles. The lowest BCUT2D eigenvalue weighted by molar-refractivity contribution is -0.143. The lowest BCUT2D eigenvalue weighted by Gasteiger charge is -2.32. The van der Waals surface area contributed by atoms with Crippen molar-refractivity contribution in [2.75, 3.05) is 11.9 Å². The number of amides is 1. The molecule has 2 aromatic carbocycles. The van der Waals surface area contributed by atoms with Gasteiger partial charge in [0.25, 0.3) is 6.43 Å². The highest BCUT2D eigenvalue weighted by atomic mass is 19.4. The third-order valence-corrected chi connectivity index (χ3v) is 6.92. The van der Waals surface area contributed by atoms with Crippen LogP contribution >= 0.6 is 0 Å². The summed E-state index contributed by atoms with van der Waals surface area (Å²) in [6.45, 7) is 3.12. The van der Waals surface area contributed by atoms with E-state index in [1.54, 1.807) is 6.92 Å². The first-order valence-electron chi connectivity index (χ1n) is 12.3. The topological polar surface area (TPSA) is 51.0 Å². The van der Waals surface area contributed by atoms with Crippen molar-refractivity contribution in [3.05, 3.63) is 76.9 Å². The maximum absolute atomic E-state index is 14.0. The van der Waals surface area contributed by atoms with E-state index in [-0.39, 0.29) is 28.4 Å². The van der Waals surface area contributed by atoms with Crippen LogP contribution in [0.15, 0.2) is 48.8 Å². The van der Waals surface area contributed by atoms with Gasteiger partial charge < -0.3 is 4.90 Å². The number of benzene rings is 2. The highest BCUT2D eigenvalue weighted by Gasteiger charge is 2.41. The maximum Gasteiger partial charge on any atom is 0.416 e. The Labute approximate surface area is 233 Å². The lowest BCUT2D eigenvalue weighted by Crippen LogP contribution is -2.42. The molecule has 0 aliphatic heterocycles. The molecule has 0 bridgehead atoms. The third-order valence-electron chi connectivity index (χ3n) is 6.92. The van der Waals surface area contributed by atoms with E-state index in [1.165, 1.54) is 39.2 Å². The van der Waals surface area contributed by atoms with Crippen LogP contribution in [0, 0.1) is 12.7 Å². The van der Waals surface area contributed by atoms with Crippen molar-refractivity contribution < 1.29 is 44.3 Å². The Kier molecular flexibility index (Phi) is 7.80. The Hall–Kier alpha value is -4.10. The second-order valence-electron chi connectivity index (χ2n) is 10.2. The van der Waals surface area contributed by atoms with E-state index in [0.29, 0.717) is 23.3 Å². The van der Waals surface area contributed by atoms with Gasteiger partial charge in [0.05, 0.1) is 34.6 Å². The molecule has 0 atom stereocenters. The molecule has 4 aromatic rings. The first-order valence-corrected chi connectivity index (χ1v) is 12.3. The fourth-order valence-corrected chi connectivity index (χ4v) is 4.69. The molecule has 5 nitrogen and oxygen atoms in total. The number of carbonyl (C=O) groups excluding carboxylic acids is 1. The molecule has 2 aromatic heterocycles. The number of aromatic nitrogens is 3. The summed E-state index contributed by atoms with van der Waals surface area (Å²) in [5.41, 5.74) is -4.59. The number of pyridine rings is 1. The summed E-state index contributed by atoms with van der Waals surface area (Å²) < 4.78 is 122. The summed E-state index contributed by atoms with van der Waals surface area (Å²) in [5, 5.41) is 4.17. The normalized spacial score (nSPS) is 12.8. The number of alkyl halides is 8. The van der Waals surface area contributed by atoms with Crippen LogP contribution in [0.4, 0.5) is 45.2 Å². The van der Waals surface area contributed by atoms with Crippen LogP contribution in [0.5, 0.6) is 0 Å². The molecule has 224 valence electrons. The average molecular weight is 603 g/mol. The van der Waals surface area contributed by atoms with Gasteiger partial charge in [-0.3, -0.25) is 4.79 Å². The predicted octanol–water partition coefficient (Wildman–Crippen LogP) is 7.79. The maximum atomic E-state index is 14.0. The number of anilines is 1. The second kappa shape index (κ2) is 10.6. The molecule has 0 aliphatic rings. The first kappa shape index (κ1) is 30.8. The van der Waals surface area contributed by atoms with Crippen molar-refractivity contribution >= 4 is 22.6 Å². The number of hydrogen-bond acceptors (Lipinski definition) is 3. The van der Waals surface area contributed by atoms with E-state index in [9.17, 15) is 44.3 Å². The predicted molar refractivity (Wildman–Crippen MR) is 137 cm³/mol. The van der Waals surface area contributed by atoms with E-state index >= 15 is 0 Å². The molecule has 0 spiro atoms. The minimum absolute atomic E-state index is 0.0191. The van der Waals surface area contributed by atoms with Crippen LogP contribution < -0.4 is 4.90 Å². The van der Waals surface area contributed by atoms with Crippen molar-refractivity contribution in [3.8, 4) is 11.1 Å². The van der Waals surface area contributed by atoms with Crippen LogP contribution in [0.1, 0.15) is 36.1 Å². The number of halogens is 9. The summed E-state index contributed by atoms with van der Waals surface area (Å²) in [5.74, 6) is -1.48. The van der Waals surface area contributed by atoms with Gasteiger partial charge in [-0.1, -0.05) is 6.07 Å². The van der Waals surface area contributed by atoms with E-state index in [0.717, 1.165) is 21.8 Å². The number of likely N-dealkylation sites (N-methyl/N-ethyl adjacent to an activating group) is 1. The number of aryl methyl sites for hydroxylation is 1. The van der Waals surface area contributed by atoms with Crippen LogP contribution in [-0.2, 0) is 29.1 Å². The van der Waals surface area contributed by atoms with Gasteiger partial charge in [0.2, 0.25) is 5.91 Å². The van der Waals surface area contributed by atoms with Crippen LogP contribution in [0.3, 0.4) is 0 Å². The van der Waals surface area contributed by atoms with E-state index in [2.05, 4.69) is 10.1 Å². The van der Waals surface area contributed by atoms with Gasteiger partial charge in [-0.05, 0) is 67.8 Å². The van der Waals surface area contributed by atoms with Crippen LogP contribution in [-0.4, -0.2) is 34.1 Å². The largest absolute Gasteiger partial charge is 0.416 e. The fourth-order valence-electron chi connectivity index (χ4n) is 4.69. The smallest absolute Gasteiger partial charge is 0.313 e. The molecule has 0 fully saturated rings. The molecule has 0 unspecified atom stereocenters. The molecule has 14 heteroatoms. The quantitative estimate of drug-likeness (QED) is 0.212. The standard InChI is InChI=1S/C28H23F9N4O/c1-14-7-18(29)5-6-19(14)23-20-11-39-41(13-22(30)31)24(20)38-12-21(23)40(4)25(42)26(2,3)15-8-16(27(32,33)34)10-17(9-15)28(35,36)37/h5-12,22H,13H2,1-4H3. The molecular weight excluding hydrogens is 579 g/mol. The number of carbonyl (C=O) groups is 1. The number of rotatable bonds is 6. The zero-order chi connectivity index (χ0) is 31.4. The minimum atomic E-state index is -5.12. The van der Waals surface area contributed by atoms with Crippen molar-refractivity contribution in [3.63, 3.8) is 0 Å². The Balaban J connectivity index is 1.90. The average Bonchev–Trinajstić information content (AvgIpc) is 3.28. The van der Waals surface area contributed by atoms with Crippen LogP contribution in [0.25, 0.3) is 22.2 Å². The van der Waals surface area contributed by atoms with Gasteiger partial charge in [0.15, 0.2) is 5.65 Å². The summed E-state index contributed by atoms with van der Waals surface area (Å²) in [7, 11) is 1.25. The molecule has 0 saturated heterocycles. The highest BCUT2D eigenvalue weighted by molar-refractivity contribution is 6.08. The number of nitrogens with zero attached hydrogens (tertiary/aromatic N) is 4. The van der Waals surface area contributed by atoms with Gasteiger partial charge in [-0.2, -0.15) is 31.4 Å². The molecule has 0 N–H and O–H groups in total. The first-order chi connectivity index (χ1) is 19.3. The number of hydrogen-bond donors (Lipinski definition) is 0. The van der Waals surface area contributed by atoms with Gasteiger partial charge >= 0.3 is 12.4 Å². The Morgan fingerprint density at radius 2 is 1.50 bits per heavy atom. The van der Waals surface area contributed by atoms with Crippen molar-refractivity contribution in [2.24, 2.45) is 0 Å². The Bertz CT molecular complexity index is 1620. The number of fused-ring (bicyclic) bond motifs is 1. The molecule has 0 radical (unpaired) electrons. The summed E-state index contributed by atoms with van der Waals surface area (Å²) in [6, 6.07) is 4.66. The van der Waals surface area contributed by atoms with Gasteiger partial charge in [0, 0.05) is 18.0 Å². The van der Waals surface area contributed by atoms with E-state index in [4.69, 9.17) is 0 Å². The second-order valence-corrected chi connectivity index (χ2v) is 10.2. The van der Waals surface area contributed by atoms with Crippen molar-refractivity contribution in [1.82, 2.24) is 14.8 Å². The Morgan fingerprint density at radius 1 is 0.929 bits per heavy atom. The molecule has 42 heavy (non-hydrogen) atoms. The minimum Gasteiger partial charge on any atom is -0.313 e. The molecule has 4 rings (SSSR count). The van der Waals surface area contributed by atoms with Gasteiger partial charge in [-0.15, -0.1) is 0 Å². The van der Waals surface area contributed by atoms with E-state index in [1.807, 2.05) is 0 Å². The molecule has 0 saturated carbocycles. The molecule has 1 amide bonds. The van der Waals surface area contributed by atoms with E-state index < -0.39 is 59.2 Å². The fraction of sp³-hybridized carbons (Fsp3) is 0.321. The van der Waals surface area contributed by atoms with Gasteiger partial charge in [0.1, 0.15) is 12.4 Å². The SMILES string of the molecule is Cc1cc(F)ccc1-c1c(N(C)C(=O)C(C)(C)c2cc(C(F)(F)F)cc(C(F)(F)F)c2)cnc2c1cnn2CC(F)F.